The van der Waals surface area contributed by atoms with Gasteiger partial charge in [-0.3, -0.25) is 0 Å². The zero-order chi connectivity index (χ0) is 25.7. The smallest absolute Gasteiger partial charge is 0.200 e. The first-order valence-electron chi connectivity index (χ1n) is 12.4. The molecule has 5 aromatic rings. The van der Waals surface area contributed by atoms with E-state index < -0.39 is 11.2 Å². The molecule has 2 aliphatic rings. The van der Waals surface area contributed by atoms with Gasteiger partial charge in [0.15, 0.2) is 0 Å². The Kier molecular flexibility index (Phi) is 5.27. The van der Waals surface area contributed by atoms with Crippen LogP contribution in [0.15, 0.2) is 139 Å². The quantitative estimate of drug-likeness (QED) is 0.210. The van der Waals surface area contributed by atoms with Crippen molar-refractivity contribution in [2.45, 2.75) is 0 Å². The average Bonchev–Trinajstić information content (AvgIpc) is 3.56. The third-order valence-corrected chi connectivity index (χ3v) is 8.68. The summed E-state index contributed by atoms with van der Waals surface area (Å²) in [5, 5.41) is 0. The molecule has 0 spiro atoms. The summed E-state index contributed by atoms with van der Waals surface area (Å²) in [5.74, 6) is 0. The molecule has 7 rings (SSSR count). The number of hydrogen-bond acceptors (Lipinski definition) is 0. The summed E-state index contributed by atoms with van der Waals surface area (Å²) in [6, 6.07) is 40.4. The number of halogens is 2. The second-order valence-electron chi connectivity index (χ2n) is 9.27. The Bertz CT molecular complexity index is 1750. The molecule has 0 unspecified atom stereocenters. The van der Waals surface area contributed by atoms with Gasteiger partial charge in [-0.1, -0.05) is 121 Å². The van der Waals surface area contributed by atoms with Gasteiger partial charge in [-0.25, -0.2) is 3.97 Å². The van der Waals surface area contributed by atoms with Crippen molar-refractivity contribution in [1.82, 2.24) is 3.97 Å². The normalized spacial score (nSPS) is 16.4. The molecule has 0 atom stereocenters. The van der Waals surface area contributed by atoms with E-state index in [2.05, 4.69) is 0 Å². The predicted molar refractivity (Wildman–Crippen MR) is 154 cm³/mol. The van der Waals surface area contributed by atoms with Crippen LogP contribution in [0.2, 0.25) is 0 Å². The van der Waals surface area contributed by atoms with Crippen molar-refractivity contribution >= 4 is 28.5 Å². The highest BCUT2D eigenvalue weighted by atomic mass is 32.3. The molecule has 0 radical (unpaired) electrons. The second-order valence-corrected chi connectivity index (χ2v) is 10.8. The Morgan fingerprint density at radius 1 is 0.553 bits per heavy atom. The van der Waals surface area contributed by atoms with Crippen molar-refractivity contribution in [1.29, 1.82) is 0 Å². The van der Waals surface area contributed by atoms with E-state index >= 15 is 7.77 Å². The molecule has 5 heteroatoms. The maximum Gasteiger partial charge on any atom is 0.388 e. The van der Waals surface area contributed by atoms with E-state index in [1.807, 2.05) is 140 Å². The van der Waals surface area contributed by atoms with Gasteiger partial charge in [0.05, 0.1) is 17.0 Å². The van der Waals surface area contributed by atoms with Gasteiger partial charge < -0.3 is 0 Å². The van der Waals surface area contributed by atoms with E-state index in [4.69, 9.17) is 0 Å². The first-order chi connectivity index (χ1) is 18.6. The van der Waals surface area contributed by atoms with Crippen LogP contribution in [0.25, 0.3) is 34.0 Å². The van der Waals surface area contributed by atoms with Gasteiger partial charge in [-0.05, 0) is 34.9 Å². The Hall–Kier alpha value is -4.48. The maximum absolute atomic E-state index is 17.1. The van der Waals surface area contributed by atoms with E-state index in [1.54, 1.807) is 0 Å². The Morgan fingerprint density at radius 3 is 1.63 bits per heavy atom. The van der Waals surface area contributed by atoms with Gasteiger partial charge >= 0.3 is 11.2 Å². The highest BCUT2D eigenvalue weighted by Gasteiger charge is 2.53. The molecule has 0 bridgehead atoms. The molecule has 0 saturated carbocycles. The highest BCUT2D eigenvalue weighted by molar-refractivity contribution is 8.19. The Labute approximate surface area is 222 Å². The number of allylic oxidation sites excluding steroid dienone is 2. The monoisotopic (exact) mass is 517 g/mol. The highest BCUT2D eigenvalue weighted by Crippen LogP contribution is 2.64. The van der Waals surface area contributed by atoms with Gasteiger partial charge in [0.1, 0.15) is 0 Å². The van der Waals surface area contributed by atoms with Crippen molar-refractivity contribution in [3.05, 3.63) is 156 Å². The number of rotatable bonds is 4. The first-order valence-corrected chi connectivity index (χ1v) is 13.8. The minimum atomic E-state index is -4.53. The lowest BCUT2D eigenvalue weighted by atomic mass is 10.00. The number of hydrogen-bond donors (Lipinski definition) is 0. The van der Waals surface area contributed by atoms with Gasteiger partial charge in [0.2, 0.25) is 11.4 Å². The van der Waals surface area contributed by atoms with Crippen LogP contribution < -0.4 is 0 Å². The fourth-order valence-electron chi connectivity index (χ4n) is 5.29. The third-order valence-electron chi connectivity index (χ3n) is 7.01. The van der Waals surface area contributed by atoms with Crippen LogP contribution in [0.1, 0.15) is 16.8 Å². The molecule has 1 aromatic heterocycles. The average molecular weight is 518 g/mol. The van der Waals surface area contributed by atoms with Crippen LogP contribution in [0, 0.1) is 0 Å². The van der Waals surface area contributed by atoms with Crippen molar-refractivity contribution < 1.29 is 11.8 Å². The van der Waals surface area contributed by atoms with E-state index in [0.29, 0.717) is 22.8 Å². The number of fused-ring (bicyclic) bond motifs is 2. The summed E-state index contributed by atoms with van der Waals surface area (Å²) >= 11 is -4.53. The zero-order valence-electron chi connectivity index (χ0n) is 20.3. The van der Waals surface area contributed by atoms with Gasteiger partial charge in [0.25, 0.3) is 0 Å². The lowest BCUT2D eigenvalue weighted by molar-refractivity contribution is -0.298. The van der Waals surface area contributed by atoms with Crippen molar-refractivity contribution in [2.75, 3.05) is 0 Å². The largest absolute Gasteiger partial charge is 0.388 e. The van der Waals surface area contributed by atoms with Crippen LogP contribution in [-0.2, 0) is 0 Å². The predicted octanol–water partition coefficient (Wildman–Crippen LogP) is 9.03. The van der Waals surface area contributed by atoms with E-state index in [1.165, 1.54) is 7.95 Å². The summed E-state index contributed by atoms with van der Waals surface area (Å²) < 4.78 is 36.8. The van der Waals surface area contributed by atoms with E-state index in [9.17, 15) is 0 Å². The minimum Gasteiger partial charge on any atom is -0.200 e. The lowest BCUT2D eigenvalue weighted by Gasteiger charge is -2.27. The minimum absolute atomic E-state index is 0.510. The fourth-order valence-corrected chi connectivity index (χ4v) is 7.02. The standard InChI is InChI=1S/C33H23F2N2S/c34-38(35)36-30(26-17-9-3-10-18-26)21-28(24-13-5-1-6-14-24)32(36)23-33-29(25-15-7-2-8-16-25)22-31(37(33)38)27-19-11-4-12-20-27/h1-23H/q+1. The van der Waals surface area contributed by atoms with Crippen LogP contribution in [0.3, 0.4) is 0 Å². The summed E-state index contributed by atoms with van der Waals surface area (Å²) in [7, 11) is 0. The van der Waals surface area contributed by atoms with E-state index in [-0.39, 0.29) is 0 Å². The van der Waals surface area contributed by atoms with Crippen molar-refractivity contribution in [3.63, 3.8) is 0 Å². The molecule has 0 saturated heterocycles. The van der Waals surface area contributed by atoms with Crippen molar-refractivity contribution in [2.24, 2.45) is 0 Å². The molecule has 2 nitrogen and oxygen atoms in total. The molecular weight excluding hydrogens is 494 g/mol. The molecule has 184 valence electrons. The Morgan fingerprint density at radius 2 is 1.05 bits per heavy atom. The topological polar surface area (TPSA) is 7.94 Å². The van der Waals surface area contributed by atoms with Crippen LogP contribution >= 0.6 is 11.2 Å². The zero-order valence-corrected chi connectivity index (χ0v) is 21.2. The molecule has 0 aliphatic carbocycles. The molecular formula is C33H23F2N2S+. The summed E-state index contributed by atoms with van der Waals surface area (Å²) in [5.41, 5.74) is 7.01. The maximum atomic E-state index is 17.1. The van der Waals surface area contributed by atoms with Gasteiger partial charge in [0, 0.05) is 23.3 Å². The molecule has 4 aromatic carbocycles. The van der Waals surface area contributed by atoms with Gasteiger partial charge in [-0.2, -0.15) is 0 Å². The van der Waals surface area contributed by atoms with Crippen LogP contribution in [0.4, 0.5) is 7.77 Å². The molecule has 0 N–H and O–H groups in total. The SMILES string of the molecule is FS1(F)n2c(-c3ccccc3)cc(-c3ccccc3)c2C=C2C(c3ccccc3)=CC(c3ccccc3)=[N+]21. The van der Waals surface area contributed by atoms with Crippen LogP contribution in [0.5, 0.6) is 0 Å². The van der Waals surface area contributed by atoms with Gasteiger partial charge in [-0.15, -0.1) is 0 Å². The number of nitrogens with zero attached hydrogens (tertiary/aromatic N) is 2. The summed E-state index contributed by atoms with van der Waals surface area (Å²) in [6.07, 6.45) is 3.85. The van der Waals surface area contributed by atoms with Crippen LogP contribution in [-0.4, -0.2) is 13.7 Å². The molecule has 0 fully saturated rings. The van der Waals surface area contributed by atoms with Crippen molar-refractivity contribution in [3.8, 4) is 22.4 Å². The number of aromatic nitrogens is 1. The Balaban J connectivity index is 1.57. The number of benzene rings is 4. The van der Waals surface area contributed by atoms with E-state index in [0.717, 1.165) is 33.4 Å². The third kappa shape index (κ3) is 3.51. The fraction of sp³-hybridized carbons (Fsp3) is 0. The molecule has 2 aliphatic heterocycles. The first kappa shape index (κ1) is 22.7. The molecule has 3 heterocycles. The molecule has 0 amide bonds. The molecule has 38 heavy (non-hydrogen) atoms. The lowest BCUT2D eigenvalue weighted by Crippen LogP contribution is -2.25. The summed E-state index contributed by atoms with van der Waals surface area (Å²) in [6.45, 7) is 0. The summed E-state index contributed by atoms with van der Waals surface area (Å²) in [4.78, 5) is 0. The second kappa shape index (κ2) is 8.82.